The fourth-order valence-electron chi connectivity index (χ4n) is 1.62. The molecular weight excluding hydrogens is 193 g/mol. The molecule has 82 valence electrons. The van der Waals surface area contributed by atoms with Crippen LogP contribution in [0.1, 0.15) is 20.8 Å². The molecule has 0 spiro atoms. The Morgan fingerprint density at radius 2 is 2.13 bits per heavy atom. The van der Waals surface area contributed by atoms with Gasteiger partial charge in [0, 0.05) is 11.5 Å². The van der Waals surface area contributed by atoms with Crippen molar-refractivity contribution in [1.29, 1.82) is 0 Å². The van der Waals surface area contributed by atoms with Gasteiger partial charge in [0.05, 0.1) is 12.2 Å². The average molecular weight is 209 g/mol. The number of fused-ring (bicyclic) bond motifs is 1. The summed E-state index contributed by atoms with van der Waals surface area (Å²) < 4.78 is 18.8. The lowest BCUT2D eigenvalue weighted by atomic mass is 9.88. The topological polar surface area (TPSA) is 21.3 Å². The molecule has 1 atom stereocenters. The normalized spacial score (nSPS) is 20.1. The molecule has 15 heavy (non-hydrogen) atoms. The first kappa shape index (κ1) is 10.3. The first-order valence-electron chi connectivity index (χ1n) is 5.17. The zero-order chi connectivity index (χ0) is 11.1. The highest BCUT2D eigenvalue weighted by atomic mass is 19.1. The third-order valence-corrected chi connectivity index (χ3v) is 2.65. The van der Waals surface area contributed by atoms with Gasteiger partial charge in [-0.2, -0.15) is 0 Å². The molecule has 1 N–H and O–H groups in total. The van der Waals surface area contributed by atoms with E-state index in [2.05, 4.69) is 26.1 Å². The Kier molecular flexibility index (Phi) is 2.33. The molecule has 0 aliphatic carbocycles. The summed E-state index contributed by atoms with van der Waals surface area (Å²) in [6.45, 7) is 7.12. The van der Waals surface area contributed by atoms with E-state index in [1.54, 1.807) is 6.07 Å². The Hall–Kier alpha value is -1.25. The van der Waals surface area contributed by atoms with Gasteiger partial charge < -0.3 is 10.1 Å². The summed E-state index contributed by atoms with van der Waals surface area (Å²) in [6, 6.07) is 4.56. The maximum absolute atomic E-state index is 12.9. The lowest BCUT2D eigenvalue weighted by Crippen LogP contribution is -2.40. The van der Waals surface area contributed by atoms with E-state index in [9.17, 15) is 4.39 Å². The van der Waals surface area contributed by atoms with Gasteiger partial charge in [-0.1, -0.05) is 20.8 Å². The van der Waals surface area contributed by atoms with Crippen LogP contribution in [-0.2, 0) is 0 Å². The largest absolute Gasteiger partial charge is 0.486 e. The van der Waals surface area contributed by atoms with Gasteiger partial charge >= 0.3 is 0 Å². The van der Waals surface area contributed by atoms with E-state index >= 15 is 0 Å². The minimum Gasteiger partial charge on any atom is -0.486 e. The monoisotopic (exact) mass is 209 g/mol. The van der Waals surface area contributed by atoms with E-state index in [4.69, 9.17) is 4.74 Å². The molecule has 0 fully saturated rings. The molecule has 0 aromatic heterocycles. The van der Waals surface area contributed by atoms with Gasteiger partial charge in [-0.3, -0.25) is 0 Å². The Labute approximate surface area is 89.4 Å². The van der Waals surface area contributed by atoms with E-state index < -0.39 is 0 Å². The van der Waals surface area contributed by atoms with E-state index in [-0.39, 0.29) is 17.3 Å². The van der Waals surface area contributed by atoms with E-state index in [0.717, 1.165) is 18.0 Å². The molecule has 1 aromatic rings. The molecule has 1 heterocycles. The summed E-state index contributed by atoms with van der Waals surface area (Å²) >= 11 is 0. The highest BCUT2D eigenvalue weighted by Gasteiger charge is 2.30. The first-order chi connectivity index (χ1) is 6.97. The summed E-state index contributed by atoms with van der Waals surface area (Å²) in [5.74, 6) is 0.502. The van der Waals surface area contributed by atoms with Gasteiger partial charge in [0.25, 0.3) is 0 Å². The average Bonchev–Trinajstić information content (AvgIpc) is 2.15. The molecule has 3 heteroatoms. The van der Waals surface area contributed by atoms with Gasteiger partial charge in [0.15, 0.2) is 0 Å². The van der Waals surface area contributed by atoms with Crippen molar-refractivity contribution in [2.75, 3.05) is 11.9 Å². The zero-order valence-corrected chi connectivity index (χ0v) is 9.30. The minimum atomic E-state index is -0.237. The van der Waals surface area contributed by atoms with Crippen LogP contribution in [0.25, 0.3) is 0 Å². The van der Waals surface area contributed by atoms with Gasteiger partial charge in [-0.05, 0) is 12.1 Å². The quantitative estimate of drug-likeness (QED) is 0.709. The van der Waals surface area contributed by atoms with Crippen molar-refractivity contribution in [2.24, 2.45) is 5.41 Å². The van der Waals surface area contributed by atoms with Gasteiger partial charge in [-0.25, -0.2) is 4.39 Å². The standard InChI is InChI=1S/C12H16FNO/c1-12(2,3)11-7-14-9-6-8(13)4-5-10(9)15-11/h4-6,11,14H,7H2,1-3H3. The molecular formula is C12H16FNO. The van der Waals surface area contributed by atoms with Crippen molar-refractivity contribution in [1.82, 2.24) is 0 Å². The van der Waals surface area contributed by atoms with Crippen LogP contribution in [0, 0.1) is 11.2 Å². The number of ether oxygens (including phenoxy) is 1. The molecule has 1 aliphatic rings. The maximum atomic E-state index is 12.9. The third-order valence-electron chi connectivity index (χ3n) is 2.65. The molecule has 1 aliphatic heterocycles. The Morgan fingerprint density at radius 3 is 2.80 bits per heavy atom. The Morgan fingerprint density at radius 1 is 1.40 bits per heavy atom. The predicted octanol–water partition coefficient (Wildman–Crippen LogP) is 3.04. The summed E-state index contributed by atoms with van der Waals surface area (Å²) in [4.78, 5) is 0. The number of anilines is 1. The molecule has 0 saturated heterocycles. The molecule has 2 nitrogen and oxygen atoms in total. The van der Waals surface area contributed by atoms with Crippen LogP contribution in [0.3, 0.4) is 0 Å². The number of hydrogen-bond donors (Lipinski definition) is 1. The maximum Gasteiger partial charge on any atom is 0.143 e. The van der Waals surface area contributed by atoms with Crippen molar-refractivity contribution >= 4 is 5.69 Å². The van der Waals surface area contributed by atoms with Crippen molar-refractivity contribution in [3.63, 3.8) is 0 Å². The van der Waals surface area contributed by atoms with Crippen LogP contribution in [0.15, 0.2) is 18.2 Å². The van der Waals surface area contributed by atoms with E-state index in [1.165, 1.54) is 12.1 Å². The lowest BCUT2D eigenvalue weighted by molar-refractivity contribution is 0.0921. The summed E-state index contributed by atoms with van der Waals surface area (Å²) in [6.07, 6.45) is 0.121. The number of halogens is 1. The second-order valence-corrected chi connectivity index (χ2v) is 4.99. The zero-order valence-electron chi connectivity index (χ0n) is 9.30. The molecule has 0 amide bonds. The number of hydrogen-bond acceptors (Lipinski definition) is 2. The number of nitrogens with one attached hydrogen (secondary N) is 1. The second kappa shape index (κ2) is 3.40. The molecule has 0 saturated carbocycles. The summed E-state index contributed by atoms with van der Waals surface area (Å²) in [5.41, 5.74) is 0.828. The summed E-state index contributed by atoms with van der Waals surface area (Å²) in [7, 11) is 0. The fourth-order valence-corrected chi connectivity index (χ4v) is 1.62. The Balaban J connectivity index is 2.24. The molecule has 0 radical (unpaired) electrons. The highest BCUT2D eigenvalue weighted by Crippen LogP contribution is 2.34. The first-order valence-corrected chi connectivity index (χ1v) is 5.17. The minimum absolute atomic E-state index is 0.0824. The van der Waals surface area contributed by atoms with Crippen LogP contribution in [-0.4, -0.2) is 12.6 Å². The van der Waals surface area contributed by atoms with Crippen molar-refractivity contribution in [3.05, 3.63) is 24.0 Å². The van der Waals surface area contributed by atoms with Crippen LogP contribution < -0.4 is 10.1 Å². The highest BCUT2D eigenvalue weighted by molar-refractivity contribution is 5.58. The SMILES string of the molecule is CC(C)(C)C1CNc2cc(F)ccc2O1. The molecule has 2 rings (SSSR count). The van der Waals surface area contributed by atoms with E-state index in [0.29, 0.717) is 0 Å². The third kappa shape index (κ3) is 2.06. The molecule has 1 unspecified atom stereocenters. The molecule has 1 aromatic carbocycles. The van der Waals surface area contributed by atoms with Crippen LogP contribution in [0.4, 0.5) is 10.1 Å². The molecule has 0 bridgehead atoms. The van der Waals surface area contributed by atoms with Crippen molar-refractivity contribution in [2.45, 2.75) is 26.9 Å². The van der Waals surface area contributed by atoms with Crippen LogP contribution >= 0.6 is 0 Å². The number of benzene rings is 1. The second-order valence-electron chi connectivity index (χ2n) is 4.99. The smallest absolute Gasteiger partial charge is 0.143 e. The fraction of sp³-hybridized carbons (Fsp3) is 0.500. The van der Waals surface area contributed by atoms with Crippen LogP contribution in [0.2, 0.25) is 0 Å². The van der Waals surface area contributed by atoms with Gasteiger partial charge in [-0.15, -0.1) is 0 Å². The van der Waals surface area contributed by atoms with Crippen molar-refractivity contribution < 1.29 is 9.13 Å². The van der Waals surface area contributed by atoms with Gasteiger partial charge in [0.1, 0.15) is 17.7 Å². The van der Waals surface area contributed by atoms with Crippen LogP contribution in [0.5, 0.6) is 5.75 Å². The number of rotatable bonds is 0. The predicted molar refractivity (Wildman–Crippen MR) is 58.8 cm³/mol. The van der Waals surface area contributed by atoms with Crippen molar-refractivity contribution in [3.8, 4) is 5.75 Å². The lowest BCUT2D eigenvalue weighted by Gasteiger charge is -2.35. The Bertz CT molecular complexity index is 370. The van der Waals surface area contributed by atoms with Gasteiger partial charge in [0.2, 0.25) is 0 Å². The summed E-state index contributed by atoms with van der Waals surface area (Å²) in [5, 5.41) is 3.20. The van der Waals surface area contributed by atoms with E-state index in [1.807, 2.05) is 0 Å².